The second-order valence-corrected chi connectivity index (χ2v) is 7.15. The Labute approximate surface area is 115 Å². The minimum absolute atomic E-state index is 0.368. The topological polar surface area (TPSA) is 12.5 Å². The Morgan fingerprint density at radius 3 is 2.47 bits per heavy atom. The molecule has 1 unspecified atom stereocenters. The summed E-state index contributed by atoms with van der Waals surface area (Å²) < 4.78 is 5.68. The third kappa shape index (κ3) is 6.78. The molecule has 0 aromatic carbocycles. The minimum atomic E-state index is 0.368. The standard InChI is InChI=1S/C14H28BrNO/c1-14(2,3)13(9-15)10-16(4)7-8-17-11-12-5-6-12/h12-13H,5-11H2,1-4H3. The average molecular weight is 306 g/mol. The zero-order valence-electron chi connectivity index (χ0n) is 11.8. The Bertz CT molecular complexity index is 211. The van der Waals surface area contributed by atoms with Crippen LogP contribution in [-0.4, -0.2) is 43.6 Å². The molecule has 1 rings (SSSR count). The van der Waals surface area contributed by atoms with Crippen LogP contribution in [0.1, 0.15) is 33.6 Å². The van der Waals surface area contributed by atoms with Crippen LogP contribution in [-0.2, 0) is 4.74 Å². The summed E-state index contributed by atoms with van der Waals surface area (Å²) >= 11 is 3.63. The molecule has 0 heterocycles. The lowest BCUT2D eigenvalue weighted by atomic mass is 9.82. The molecule has 2 nitrogen and oxygen atoms in total. The molecule has 1 atom stereocenters. The minimum Gasteiger partial charge on any atom is -0.380 e. The Kier molecular flexibility index (Phi) is 6.46. The number of hydrogen-bond acceptors (Lipinski definition) is 2. The molecule has 0 spiro atoms. The molecule has 0 aromatic heterocycles. The van der Waals surface area contributed by atoms with Gasteiger partial charge in [-0.3, -0.25) is 0 Å². The number of halogens is 1. The third-order valence-electron chi connectivity index (χ3n) is 3.61. The molecule has 0 radical (unpaired) electrons. The molecule has 17 heavy (non-hydrogen) atoms. The summed E-state index contributed by atoms with van der Waals surface area (Å²) in [6.07, 6.45) is 2.76. The molecule has 0 saturated heterocycles. The summed E-state index contributed by atoms with van der Waals surface area (Å²) in [6.45, 7) is 11.0. The summed E-state index contributed by atoms with van der Waals surface area (Å²) in [7, 11) is 2.20. The maximum Gasteiger partial charge on any atom is 0.0593 e. The van der Waals surface area contributed by atoms with Crippen LogP contribution in [0.15, 0.2) is 0 Å². The van der Waals surface area contributed by atoms with Gasteiger partial charge in [-0.15, -0.1) is 0 Å². The second-order valence-electron chi connectivity index (χ2n) is 6.50. The van der Waals surface area contributed by atoms with E-state index in [4.69, 9.17) is 4.74 Å². The van der Waals surface area contributed by atoms with Crippen molar-refractivity contribution in [2.24, 2.45) is 17.3 Å². The van der Waals surface area contributed by atoms with Gasteiger partial charge >= 0.3 is 0 Å². The summed E-state index contributed by atoms with van der Waals surface area (Å²) in [5, 5.41) is 1.07. The smallest absolute Gasteiger partial charge is 0.0593 e. The van der Waals surface area contributed by atoms with Crippen molar-refractivity contribution in [2.45, 2.75) is 33.6 Å². The van der Waals surface area contributed by atoms with E-state index in [2.05, 4.69) is 48.6 Å². The van der Waals surface area contributed by atoms with Gasteiger partial charge in [0.2, 0.25) is 0 Å². The van der Waals surface area contributed by atoms with Gasteiger partial charge in [0.25, 0.3) is 0 Å². The van der Waals surface area contributed by atoms with E-state index in [1.54, 1.807) is 0 Å². The quantitative estimate of drug-likeness (QED) is 0.503. The van der Waals surface area contributed by atoms with E-state index in [0.717, 1.165) is 37.6 Å². The molecule has 1 aliphatic carbocycles. The van der Waals surface area contributed by atoms with Crippen molar-refractivity contribution in [1.29, 1.82) is 0 Å². The molecule has 1 fully saturated rings. The van der Waals surface area contributed by atoms with E-state index in [1.807, 2.05) is 0 Å². The number of ether oxygens (including phenoxy) is 1. The van der Waals surface area contributed by atoms with Crippen molar-refractivity contribution in [3.8, 4) is 0 Å². The number of alkyl halides is 1. The highest BCUT2D eigenvalue weighted by molar-refractivity contribution is 9.09. The molecule has 3 heteroatoms. The van der Waals surface area contributed by atoms with Gasteiger partial charge < -0.3 is 9.64 Å². The maximum atomic E-state index is 5.68. The Hall–Kier alpha value is 0.400. The fourth-order valence-electron chi connectivity index (χ4n) is 1.78. The lowest BCUT2D eigenvalue weighted by Crippen LogP contribution is -2.36. The van der Waals surface area contributed by atoms with Gasteiger partial charge in [0.15, 0.2) is 0 Å². The summed E-state index contributed by atoms with van der Waals surface area (Å²) in [5.41, 5.74) is 0.368. The molecule has 102 valence electrons. The van der Waals surface area contributed by atoms with Crippen molar-refractivity contribution in [1.82, 2.24) is 4.90 Å². The van der Waals surface area contributed by atoms with Crippen molar-refractivity contribution < 1.29 is 4.74 Å². The van der Waals surface area contributed by atoms with Gasteiger partial charge in [-0.25, -0.2) is 0 Å². The second kappa shape index (κ2) is 7.10. The van der Waals surface area contributed by atoms with Gasteiger partial charge in [-0.05, 0) is 37.1 Å². The van der Waals surface area contributed by atoms with Crippen LogP contribution >= 0.6 is 15.9 Å². The Morgan fingerprint density at radius 2 is 2.00 bits per heavy atom. The first-order valence-electron chi connectivity index (χ1n) is 6.75. The maximum absolute atomic E-state index is 5.68. The molecule has 1 saturated carbocycles. The number of likely N-dealkylation sites (N-methyl/N-ethyl adjacent to an activating group) is 1. The lowest BCUT2D eigenvalue weighted by molar-refractivity contribution is 0.0922. The normalized spacial score (nSPS) is 18.7. The fourth-order valence-corrected chi connectivity index (χ4v) is 2.95. The predicted molar refractivity (Wildman–Crippen MR) is 77.8 cm³/mol. The third-order valence-corrected chi connectivity index (χ3v) is 4.39. The van der Waals surface area contributed by atoms with E-state index in [-0.39, 0.29) is 0 Å². The van der Waals surface area contributed by atoms with E-state index < -0.39 is 0 Å². The van der Waals surface area contributed by atoms with Crippen LogP contribution in [0.3, 0.4) is 0 Å². The highest BCUT2D eigenvalue weighted by Crippen LogP contribution is 2.29. The van der Waals surface area contributed by atoms with Crippen LogP contribution in [0, 0.1) is 17.3 Å². The molecule has 0 aliphatic heterocycles. The molecule has 0 aromatic rings. The fraction of sp³-hybridized carbons (Fsp3) is 1.00. The Balaban J connectivity index is 2.10. The van der Waals surface area contributed by atoms with Crippen LogP contribution < -0.4 is 0 Å². The zero-order valence-corrected chi connectivity index (χ0v) is 13.4. The Morgan fingerprint density at radius 1 is 1.35 bits per heavy atom. The molecular weight excluding hydrogens is 278 g/mol. The largest absolute Gasteiger partial charge is 0.380 e. The van der Waals surface area contributed by atoms with E-state index in [1.165, 1.54) is 12.8 Å². The van der Waals surface area contributed by atoms with E-state index in [0.29, 0.717) is 11.3 Å². The summed E-state index contributed by atoms with van der Waals surface area (Å²) in [4.78, 5) is 2.39. The first-order valence-corrected chi connectivity index (χ1v) is 7.88. The molecule has 1 aliphatic rings. The van der Waals surface area contributed by atoms with Gasteiger partial charge in [0, 0.05) is 25.0 Å². The van der Waals surface area contributed by atoms with Crippen molar-refractivity contribution >= 4 is 15.9 Å². The molecule has 0 N–H and O–H groups in total. The summed E-state index contributed by atoms with van der Waals surface area (Å²) in [6, 6.07) is 0. The summed E-state index contributed by atoms with van der Waals surface area (Å²) in [5.74, 6) is 1.57. The monoisotopic (exact) mass is 305 g/mol. The van der Waals surface area contributed by atoms with Crippen LogP contribution in [0.4, 0.5) is 0 Å². The van der Waals surface area contributed by atoms with Gasteiger partial charge in [-0.1, -0.05) is 36.7 Å². The van der Waals surface area contributed by atoms with Gasteiger partial charge in [0.05, 0.1) is 6.61 Å². The van der Waals surface area contributed by atoms with Crippen LogP contribution in [0.2, 0.25) is 0 Å². The molecule has 0 bridgehead atoms. The van der Waals surface area contributed by atoms with Crippen molar-refractivity contribution in [2.75, 3.05) is 38.7 Å². The van der Waals surface area contributed by atoms with Gasteiger partial charge in [-0.2, -0.15) is 0 Å². The first kappa shape index (κ1) is 15.5. The molecular formula is C14H28BrNO. The van der Waals surface area contributed by atoms with Crippen LogP contribution in [0.5, 0.6) is 0 Å². The first-order chi connectivity index (χ1) is 7.93. The average Bonchev–Trinajstić information content (AvgIpc) is 3.03. The zero-order chi connectivity index (χ0) is 12.9. The van der Waals surface area contributed by atoms with Crippen molar-refractivity contribution in [3.05, 3.63) is 0 Å². The van der Waals surface area contributed by atoms with Crippen molar-refractivity contribution in [3.63, 3.8) is 0 Å². The predicted octanol–water partition coefficient (Wildman–Crippen LogP) is 3.40. The van der Waals surface area contributed by atoms with Crippen LogP contribution in [0.25, 0.3) is 0 Å². The number of hydrogen-bond donors (Lipinski definition) is 0. The molecule has 0 amide bonds. The van der Waals surface area contributed by atoms with E-state index >= 15 is 0 Å². The van der Waals surface area contributed by atoms with Gasteiger partial charge in [0.1, 0.15) is 0 Å². The SMILES string of the molecule is CN(CCOCC1CC1)CC(CBr)C(C)(C)C. The highest BCUT2D eigenvalue weighted by atomic mass is 79.9. The lowest BCUT2D eigenvalue weighted by Gasteiger charge is -2.32. The number of rotatable bonds is 8. The van der Waals surface area contributed by atoms with E-state index in [9.17, 15) is 0 Å². The highest BCUT2D eigenvalue weighted by Gasteiger charge is 2.25. The number of nitrogens with zero attached hydrogens (tertiary/aromatic N) is 1.